The number of nitrogens with one attached hydrogen (secondary N) is 2. The third-order valence-electron chi connectivity index (χ3n) is 1.98. The van der Waals surface area contributed by atoms with Crippen LogP contribution in [0.1, 0.15) is 0 Å². The van der Waals surface area contributed by atoms with Gasteiger partial charge in [-0.3, -0.25) is 0 Å². The first-order valence-corrected chi connectivity index (χ1v) is 6.47. The lowest BCUT2D eigenvalue weighted by atomic mass is 10.3. The van der Waals surface area contributed by atoms with E-state index < -0.39 is 0 Å². The summed E-state index contributed by atoms with van der Waals surface area (Å²) in [6.07, 6.45) is 4.49. The first-order valence-electron chi connectivity index (χ1n) is 5.30. The highest BCUT2D eigenvalue weighted by Gasteiger charge is 2.02. The number of benzene rings is 1. The van der Waals surface area contributed by atoms with Gasteiger partial charge < -0.3 is 16.4 Å². The summed E-state index contributed by atoms with van der Waals surface area (Å²) in [4.78, 5) is 11.7. The molecule has 1 rings (SSSR count). The molecule has 4 nitrogen and oxygen atoms in total. The Morgan fingerprint density at radius 3 is 2.74 bits per heavy atom. The fraction of sp³-hybridized carbons (Fsp3) is 0. The lowest BCUT2D eigenvalue weighted by molar-refractivity contribution is 0.254. The number of hydrogen-bond donors (Lipinski definition) is 3. The Balaban J connectivity index is 2.66. The fourth-order valence-corrected chi connectivity index (χ4v) is 1.65. The zero-order valence-corrected chi connectivity index (χ0v) is 12.3. The lowest BCUT2D eigenvalue weighted by Gasteiger charge is -2.08. The number of allylic oxidation sites excluding steroid dienone is 3. The average Bonchev–Trinajstić information content (AvgIpc) is 2.34. The van der Waals surface area contributed by atoms with E-state index in [1.165, 1.54) is 12.2 Å². The lowest BCUT2D eigenvalue weighted by Crippen LogP contribution is -2.27. The maximum atomic E-state index is 11.7. The van der Waals surface area contributed by atoms with Gasteiger partial charge in [-0.15, -0.1) is 0 Å². The van der Waals surface area contributed by atoms with Crippen molar-refractivity contribution in [3.8, 4) is 0 Å². The molecule has 0 aliphatic heterocycles. The molecule has 0 bridgehead atoms. The van der Waals surface area contributed by atoms with Crippen LogP contribution in [0.5, 0.6) is 0 Å². The average molecular weight is 343 g/mol. The van der Waals surface area contributed by atoms with Gasteiger partial charge in [-0.2, -0.15) is 0 Å². The van der Waals surface area contributed by atoms with Crippen molar-refractivity contribution in [2.75, 3.05) is 5.32 Å². The van der Waals surface area contributed by atoms with Gasteiger partial charge in [0.25, 0.3) is 0 Å². The summed E-state index contributed by atoms with van der Waals surface area (Å²) in [5.74, 6) is 0. The van der Waals surface area contributed by atoms with E-state index in [9.17, 15) is 4.79 Å². The molecule has 0 saturated carbocycles. The highest BCUT2D eigenvalue weighted by molar-refractivity contribution is 9.10. The second kappa shape index (κ2) is 7.66. The number of nitrogens with two attached hydrogens (primary N) is 1. The summed E-state index contributed by atoms with van der Waals surface area (Å²) in [7, 11) is 0. The molecule has 4 N–H and O–H groups in total. The minimum Gasteiger partial charge on any atom is -0.389 e. The van der Waals surface area contributed by atoms with E-state index >= 15 is 0 Å². The first kappa shape index (κ1) is 15.3. The highest BCUT2D eigenvalue weighted by atomic mass is 79.9. The van der Waals surface area contributed by atoms with Crippen molar-refractivity contribution in [1.29, 1.82) is 0 Å². The first-order chi connectivity index (χ1) is 9.01. The quantitative estimate of drug-likeness (QED) is 0.577. The number of urea groups is 1. The molecule has 0 spiro atoms. The topological polar surface area (TPSA) is 67.1 Å². The van der Waals surface area contributed by atoms with Gasteiger partial charge in [0.2, 0.25) is 0 Å². The van der Waals surface area contributed by atoms with E-state index in [1.807, 2.05) is 12.1 Å². The van der Waals surface area contributed by atoms with Crippen molar-refractivity contribution in [3.05, 3.63) is 64.4 Å². The fourth-order valence-electron chi connectivity index (χ4n) is 1.19. The summed E-state index contributed by atoms with van der Waals surface area (Å²) in [6, 6.07) is 6.87. The Hall–Kier alpha value is -1.72. The molecule has 0 radical (unpaired) electrons. The predicted octanol–water partition coefficient (Wildman–Crippen LogP) is 3.68. The Morgan fingerprint density at radius 1 is 1.42 bits per heavy atom. The summed E-state index contributed by atoms with van der Waals surface area (Å²) in [5.41, 5.74) is 6.43. The van der Waals surface area contributed by atoms with Crippen LogP contribution in [0.3, 0.4) is 0 Å². The molecule has 0 saturated heterocycles. The number of halogens is 2. The van der Waals surface area contributed by atoms with Crippen molar-refractivity contribution in [2.45, 2.75) is 0 Å². The molecule has 100 valence electrons. The molecule has 6 heteroatoms. The second-order valence-electron chi connectivity index (χ2n) is 3.47. The summed E-state index contributed by atoms with van der Waals surface area (Å²) < 4.78 is 0.877. The SMILES string of the molecule is C=C/C(=C\C=C(/N)Cl)NC(=O)Nc1cccc(Br)c1. The van der Waals surface area contributed by atoms with Gasteiger partial charge >= 0.3 is 6.03 Å². The largest absolute Gasteiger partial charge is 0.389 e. The third kappa shape index (κ3) is 6.13. The Morgan fingerprint density at radius 2 is 2.16 bits per heavy atom. The predicted molar refractivity (Wildman–Crippen MR) is 82.7 cm³/mol. The van der Waals surface area contributed by atoms with Crippen LogP contribution in [0, 0.1) is 0 Å². The molecule has 19 heavy (non-hydrogen) atoms. The number of carbonyl (C=O) groups excluding carboxylic acids is 1. The molecule has 0 heterocycles. The maximum Gasteiger partial charge on any atom is 0.323 e. The van der Waals surface area contributed by atoms with Crippen molar-refractivity contribution in [3.63, 3.8) is 0 Å². The van der Waals surface area contributed by atoms with Gasteiger partial charge in [0.15, 0.2) is 0 Å². The van der Waals surface area contributed by atoms with Crippen molar-refractivity contribution in [1.82, 2.24) is 5.32 Å². The van der Waals surface area contributed by atoms with Gasteiger partial charge in [0, 0.05) is 15.9 Å². The molecule has 0 atom stereocenters. The van der Waals surface area contributed by atoms with Gasteiger partial charge in [0.1, 0.15) is 0 Å². The summed E-state index contributed by atoms with van der Waals surface area (Å²) in [5, 5.41) is 5.41. The molecule has 1 aromatic carbocycles. The van der Waals surface area contributed by atoms with Crippen LogP contribution >= 0.6 is 27.5 Å². The molecule has 0 aliphatic rings. The highest BCUT2D eigenvalue weighted by Crippen LogP contribution is 2.15. The van der Waals surface area contributed by atoms with Crippen molar-refractivity contribution < 1.29 is 4.79 Å². The van der Waals surface area contributed by atoms with E-state index in [0.29, 0.717) is 11.4 Å². The molecule has 1 aromatic rings. The smallest absolute Gasteiger partial charge is 0.323 e. The van der Waals surface area contributed by atoms with E-state index in [1.54, 1.807) is 18.2 Å². The molecule has 0 aliphatic carbocycles. The molecule has 2 amide bonds. The molecular formula is C13H13BrClN3O. The van der Waals surface area contributed by atoms with Crippen molar-refractivity contribution in [2.24, 2.45) is 5.73 Å². The Kier molecular flexibility index (Phi) is 6.18. The number of hydrogen-bond acceptors (Lipinski definition) is 2. The number of rotatable bonds is 4. The van der Waals surface area contributed by atoms with Gasteiger partial charge in [-0.25, -0.2) is 4.79 Å². The van der Waals surface area contributed by atoms with Crippen molar-refractivity contribution >= 4 is 39.2 Å². The number of anilines is 1. The van der Waals surface area contributed by atoms with E-state index in [4.69, 9.17) is 17.3 Å². The van der Waals surface area contributed by atoms with Gasteiger partial charge in [0.05, 0.1) is 5.16 Å². The zero-order valence-electron chi connectivity index (χ0n) is 9.99. The minimum atomic E-state index is -0.384. The number of carbonyl (C=O) groups is 1. The summed E-state index contributed by atoms with van der Waals surface area (Å²) in [6.45, 7) is 3.58. The van der Waals surface area contributed by atoms with Crippen LogP contribution in [0.25, 0.3) is 0 Å². The van der Waals surface area contributed by atoms with Crippen LogP contribution in [-0.2, 0) is 0 Å². The van der Waals surface area contributed by atoms with E-state index in [-0.39, 0.29) is 11.2 Å². The minimum absolute atomic E-state index is 0.119. The second-order valence-corrected chi connectivity index (χ2v) is 4.82. The molecular weight excluding hydrogens is 330 g/mol. The van der Waals surface area contributed by atoms with Crippen LogP contribution in [0.2, 0.25) is 0 Å². The monoisotopic (exact) mass is 341 g/mol. The van der Waals surface area contributed by atoms with E-state index in [2.05, 4.69) is 33.1 Å². The third-order valence-corrected chi connectivity index (χ3v) is 2.60. The van der Waals surface area contributed by atoms with Gasteiger partial charge in [-0.1, -0.05) is 40.2 Å². The molecule has 0 fully saturated rings. The Labute approximate surface area is 125 Å². The Bertz CT molecular complexity index is 536. The summed E-state index contributed by atoms with van der Waals surface area (Å²) >= 11 is 8.81. The van der Waals surface area contributed by atoms with Gasteiger partial charge in [-0.05, 0) is 36.4 Å². The van der Waals surface area contributed by atoms with Crippen LogP contribution in [0.4, 0.5) is 10.5 Å². The van der Waals surface area contributed by atoms with Crippen LogP contribution < -0.4 is 16.4 Å². The number of amides is 2. The normalized spacial score (nSPS) is 11.9. The van der Waals surface area contributed by atoms with Crippen LogP contribution in [0.15, 0.2) is 64.4 Å². The van der Waals surface area contributed by atoms with E-state index in [0.717, 1.165) is 4.47 Å². The maximum absolute atomic E-state index is 11.7. The van der Waals surface area contributed by atoms with Crippen LogP contribution in [-0.4, -0.2) is 6.03 Å². The zero-order chi connectivity index (χ0) is 14.3. The molecule has 0 aromatic heterocycles. The standard InChI is InChI=1S/C13H13BrClN3O/c1-2-10(6-7-12(15)16)17-13(19)18-11-5-3-4-9(14)8-11/h2-8H,1,16H2,(H2,17,18,19)/b10-6+,12-7-. The molecule has 0 unspecified atom stereocenters.